The second-order valence-electron chi connectivity index (χ2n) is 16.2. The Morgan fingerprint density at radius 1 is 0.827 bits per heavy atom. The fraction of sp³-hybridized carbons (Fsp3) is 0.837. The lowest BCUT2D eigenvalue weighted by atomic mass is 9.82. The van der Waals surface area contributed by atoms with Gasteiger partial charge in [0, 0.05) is 44.3 Å². The van der Waals surface area contributed by atoms with Gasteiger partial charge in [-0.3, -0.25) is 4.79 Å². The van der Waals surface area contributed by atoms with Gasteiger partial charge in [0.05, 0.1) is 12.2 Å². The van der Waals surface area contributed by atoms with Gasteiger partial charge in [-0.25, -0.2) is 9.36 Å². The molecule has 0 aliphatic heterocycles. The molecule has 2 amide bonds. The van der Waals surface area contributed by atoms with Gasteiger partial charge in [-0.05, 0) is 44.1 Å². The summed E-state index contributed by atoms with van der Waals surface area (Å²) in [6.45, 7) is 14.4. The van der Waals surface area contributed by atoms with Gasteiger partial charge in [-0.15, -0.1) is 0 Å². The van der Waals surface area contributed by atoms with E-state index in [1.165, 1.54) is 89.9 Å². The standard InChI is InChI=1S/C43H76N4O5/c1-7-9-10-11-12-13-14-15-16-17-18-19-20-21-22-23-28-46-41(49)51-33-37(50-6)34-52-43-38(42(43,4)5)27-26-35(3)39(43)44-29-30-45-40(48)36-25-24-31-47(8-2)32-36/h24-25,31-32,35,37-39,44H,7-23,26-30,33-34H2,1-6H3,(H-,45,46,48,49)/p+1. The molecule has 0 saturated heterocycles. The normalized spacial score (nSPS) is 22.4. The van der Waals surface area contributed by atoms with Crippen molar-refractivity contribution in [3.63, 3.8) is 0 Å². The zero-order valence-corrected chi connectivity index (χ0v) is 34.1. The van der Waals surface area contributed by atoms with Crippen molar-refractivity contribution in [1.29, 1.82) is 0 Å². The summed E-state index contributed by atoms with van der Waals surface area (Å²) < 4.78 is 20.1. The van der Waals surface area contributed by atoms with Gasteiger partial charge >= 0.3 is 6.09 Å². The van der Waals surface area contributed by atoms with Gasteiger partial charge in [0.1, 0.15) is 24.8 Å². The van der Waals surface area contributed by atoms with Crippen molar-refractivity contribution in [2.45, 2.75) is 174 Å². The lowest BCUT2D eigenvalue weighted by Crippen LogP contribution is -2.54. The van der Waals surface area contributed by atoms with E-state index in [1.807, 2.05) is 29.1 Å². The highest BCUT2D eigenvalue weighted by Gasteiger charge is 2.77. The monoisotopic (exact) mass is 730 g/mol. The summed E-state index contributed by atoms with van der Waals surface area (Å²) in [4.78, 5) is 25.2. The molecule has 2 saturated carbocycles. The Morgan fingerprint density at radius 2 is 1.44 bits per heavy atom. The molecule has 1 aromatic rings. The predicted octanol–water partition coefficient (Wildman–Crippen LogP) is 8.53. The Bertz CT molecular complexity index is 1150. The third kappa shape index (κ3) is 13.9. The summed E-state index contributed by atoms with van der Waals surface area (Å²) in [7, 11) is 1.65. The minimum Gasteiger partial charge on any atom is -0.447 e. The Labute approximate surface area is 317 Å². The minimum absolute atomic E-state index is 0.0139. The Hall–Kier alpha value is -2.23. The van der Waals surface area contributed by atoms with Crippen LogP contribution < -0.4 is 20.5 Å². The van der Waals surface area contributed by atoms with Gasteiger partial charge in [0.25, 0.3) is 5.91 Å². The number of unbranched alkanes of at least 4 members (excludes halogenated alkanes) is 15. The molecule has 3 rings (SSSR count). The average Bonchev–Trinajstić information content (AvgIpc) is 3.65. The van der Waals surface area contributed by atoms with Crippen LogP contribution in [0.3, 0.4) is 0 Å². The molecule has 298 valence electrons. The molecule has 0 aromatic carbocycles. The number of hydrogen-bond acceptors (Lipinski definition) is 6. The van der Waals surface area contributed by atoms with E-state index >= 15 is 0 Å². The van der Waals surface area contributed by atoms with Crippen LogP contribution in [0.15, 0.2) is 24.5 Å². The number of nitrogens with one attached hydrogen (secondary N) is 3. The first-order valence-corrected chi connectivity index (χ1v) is 21.3. The van der Waals surface area contributed by atoms with E-state index in [0.29, 0.717) is 43.6 Å². The first-order valence-electron chi connectivity index (χ1n) is 21.3. The molecule has 5 atom stereocenters. The van der Waals surface area contributed by atoms with Gasteiger partial charge in [0.15, 0.2) is 12.4 Å². The number of carbonyl (C=O) groups excluding carboxylic acids is 2. The maximum Gasteiger partial charge on any atom is 0.407 e. The third-order valence-electron chi connectivity index (χ3n) is 12.1. The maximum absolute atomic E-state index is 12.7. The number of fused-ring (bicyclic) bond motifs is 1. The maximum atomic E-state index is 12.7. The highest BCUT2D eigenvalue weighted by molar-refractivity contribution is 5.93. The summed E-state index contributed by atoms with van der Waals surface area (Å²) in [5.41, 5.74) is 0.354. The van der Waals surface area contributed by atoms with Crippen molar-refractivity contribution in [3.8, 4) is 0 Å². The number of ether oxygens (including phenoxy) is 3. The first-order chi connectivity index (χ1) is 25.2. The van der Waals surface area contributed by atoms with Gasteiger partial charge in [-0.1, -0.05) is 124 Å². The third-order valence-corrected chi connectivity index (χ3v) is 12.1. The Kier molecular flexibility index (Phi) is 20.6. The van der Waals surface area contributed by atoms with E-state index in [4.69, 9.17) is 14.2 Å². The van der Waals surface area contributed by atoms with E-state index in [0.717, 1.165) is 32.2 Å². The number of rotatable bonds is 29. The topological polar surface area (TPSA) is 102 Å². The molecule has 0 bridgehead atoms. The number of carbonyl (C=O) groups is 2. The zero-order chi connectivity index (χ0) is 37.7. The average molecular weight is 730 g/mol. The summed E-state index contributed by atoms with van der Waals surface area (Å²) in [6, 6.07) is 3.91. The molecule has 0 radical (unpaired) electrons. The molecule has 2 aliphatic rings. The van der Waals surface area contributed by atoms with Crippen LogP contribution in [0.2, 0.25) is 0 Å². The quantitative estimate of drug-likeness (QED) is 0.0565. The molecule has 2 fully saturated rings. The predicted molar refractivity (Wildman–Crippen MR) is 210 cm³/mol. The van der Waals surface area contributed by atoms with Crippen LogP contribution in [-0.2, 0) is 20.8 Å². The second kappa shape index (κ2) is 24.2. The van der Waals surface area contributed by atoms with Crippen molar-refractivity contribution in [3.05, 3.63) is 30.1 Å². The summed E-state index contributed by atoms with van der Waals surface area (Å²) in [6.07, 6.45) is 26.7. The number of nitrogens with zero attached hydrogens (tertiary/aromatic N) is 1. The number of pyridine rings is 1. The van der Waals surface area contributed by atoms with Crippen LogP contribution >= 0.6 is 0 Å². The number of aryl methyl sites for hydroxylation is 1. The highest BCUT2D eigenvalue weighted by Crippen LogP contribution is 2.70. The number of aromatic nitrogens is 1. The number of methoxy groups -OCH3 is 1. The van der Waals surface area contributed by atoms with Crippen LogP contribution in [0.5, 0.6) is 0 Å². The second-order valence-corrected chi connectivity index (χ2v) is 16.2. The van der Waals surface area contributed by atoms with E-state index in [2.05, 4.69) is 50.6 Å². The van der Waals surface area contributed by atoms with Gasteiger partial charge in [-0.2, -0.15) is 0 Å². The van der Waals surface area contributed by atoms with Crippen LogP contribution in [0, 0.1) is 17.3 Å². The van der Waals surface area contributed by atoms with Crippen LogP contribution in [0.25, 0.3) is 0 Å². The molecule has 1 aromatic heterocycles. The van der Waals surface area contributed by atoms with E-state index in [1.54, 1.807) is 7.11 Å². The molecule has 5 unspecified atom stereocenters. The zero-order valence-electron chi connectivity index (χ0n) is 34.1. The molecular formula is C43H77N4O5+. The van der Waals surface area contributed by atoms with Gasteiger partial charge in [0.2, 0.25) is 0 Å². The van der Waals surface area contributed by atoms with E-state index in [-0.39, 0.29) is 35.7 Å². The molecule has 2 aliphatic carbocycles. The lowest BCUT2D eigenvalue weighted by molar-refractivity contribution is -0.693. The summed E-state index contributed by atoms with van der Waals surface area (Å²) >= 11 is 0. The minimum atomic E-state index is -0.390. The van der Waals surface area contributed by atoms with Crippen molar-refractivity contribution in [2.24, 2.45) is 17.3 Å². The molecule has 3 N–H and O–H groups in total. The molecule has 9 nitrogen and oxygen atoms in total. The van der Waals surface area contributed by atoms with E-state index in [9.17, 15) is 9.59 Å². The molecular weight excluding hydrogens is 652 g/mol. The van der Waals surface area contributed by atoms with Crippen molar-refractivity contribution in [1.82, 2.24) is 16.0 Å². The van der Waals surface area contributed by atoms with Crippen molar-refractivity contribution >= 4 is 12.0 Å². The summed E-state index contributed by atoms with van der Waals surface area (Å²) in [5, 5.41) is 9.74. The SMILES string of the molecule is CCCCCCCCCCCCCCCCCCNC(=O)OCC(COC12C(NCCNC(=O)c3ccc[n+](CC)c3)C(C)CCC1C2(C)C)OC. The number of alkyl carbamates (subject to hydrolysis) is 1. The van der Waals surface area contributed by atoms with Crippen molar-refractivity contribution in [2.75, 3.05) is 40.0 Å². The number of amides is 2. The van der Waals surface area contributed by atoms with Gasteiger partial charge < -0.3 is 30.2 Å². The molecule has 1 heterocycles. The largest absolute Gasteiger partial charge is 0.447 e. The smallest absolute Gasteiger partial charge is 0.407 e. The van der Waals surface area contributed by atoms with Crippen molar-refractivity contribution < 1.29 is 28.4 Å². The molecule has 0 spiro atoms. The first kappa shape index (κ1) is 44.2. The lowest BCUT2D eigenvalue weighted by Gasteiger charge is -2.39. The fourth-order valence-corrected chi connectivity index (χ4v) is 8.66. The van der Waals surface area contributed by atoms with Crippen LogP contribution in [0.4, 0.5) is 4.79 Å². The highest BCUT2D eigenvalue weighted by atomic mass is 16.6. The van der Waals surface area contributed by atoms with E-state index < -0.39 is 6.09 Å². The Morgan fingerprint density at radius 3 is 2.04 bits per heavy atom. The number of hydrogen-bond donors (Lipinski definition) is 3. The fourth-order valence-electron chi connectivity index (χ4n) is 8.66. The van der Waals surface area contributed by atoms with Crippen LogP contribution in [0.1, 0.15) is 161 Å². The molecule has 9 heteroatoms. The molecule has 52 heavy (non-hydrogen) atoms. The van der Waals surface area contributed by atoms with Crippen LogP contribution in [-0.4, -0.2) is 69.7 Å². The Balaban J connectivity index is 1.26. The summed E-state index contributed by atoms with van der Waals surface area (Å²) in [5.74, 6) is 0.811.